The Kier molecular flexibility index (Phi) is 4.42. The molecule has 4 rings (SSSR count). The number of nitrogens with one attached hydrogen (secondary N) is 1. The van der Waals surface area contributed by atoms with Crippen molar-refractivity contribution in [2.75, 3.05) is 21.3 Å². The first kappa shape index (κ1) is 17.0. The monoisotopic (exact) mass is 364 g/mol. The molecular weight excluding hydrogens is 344 g/mol. The Hall–Kier alpha value is -3.48. The predicted octanol–water partition coefficient (Wildman–Crippen LogP) is 3.50. The van der Waals surface area contributed by atoms with Crippen LogP contribution >= 0.6 is 0 Å². The van der Waals surface area contributed by atoms with Crippen molar-refractivity contribution in [1.82, 2.24) is 20.0 Å². The molecule has 2 heterocycles. The summed E-state index contributed by atoms with van der Waals surface area (Å²) in [4.78, 5) is 3.29. The van der Waals surface area contributed by atoms with Gasteiger partial charge in [0.05, 0.1) is 39.8 Å². The molecule has 0 saturated heterocycles. The molecule has 4 aromatic rings. The van der Waals surface area contributed by atoms with E-state index in [0.29, 0.717) is 23.8 Å². The fourth-order valence-corrected chi connectivity index (χ4v) is 3.27. The molecule has 7 nitrogen and oxygen atoms in total. The van der Waals surface area contributed by atoms with Crippen LogP contribution in [0.5, 0.6) is 17.2 Å². The molecule has 0 atom stereocenters. The fourth-order valence-electron chi connectivity index (χ4n) is 3.27. The lowest BCUT2D eigenvalue weighted by Gasteiger charge is -2.14. The zero-order valence-electron chi connectivity index (χ0n) is 15.4. The molecule has 0 amide bonds. The Bertz CT molecular complexity index is 1060. The topological polar surface area (TPSA) is 74.2 Å². The van der Waals surface area contributed by atoms with Crippen LogP contribution in [0.3, 0.4) is 0 Å². The summed E-state index contributed by atoms with van der Waals surface area (Å²) < 4.78 is 18.1. The van der Waals surface area contributed by atoms with E-state index < -0.39 is 0 Å². The number of hydrogen-bond donors (Lipinski definition) is 1. The highest BCUT2D eigenvalue weighted by Crippen LogP contribution is 2.38. The maximum absolute atomic E-state index is 5.44. The highest BCUT2D eigenvalue weighted by Gasteiger charge is 2.16. The summed E-state index contributed by atoms with van der Waals surface area (Å²) in [7, 11) is 4.80. The molecule has 0 radical (unpaired) electrons. The molecule has 0 unspecified atom stereocenters. The number of hydrogen-bond acceptors (Lipinski definition) is 5. The maximum atomic E-state index is 5.44. The third-order valence-electron chi connectivity index (χ3n) is 4.54. The van der Waals surface area contributed by atoms with Gasteiger partial charge in [-0.1, -0.05) is 23.4 Å². The van der Waals surface area contributed by atoms with E-state index >= 15 is 0 Å². The number of aromatic nitrogens is 4. The minimum absolute atomic E-state index is 0.519. The summed E-state index contributed by atoms with van der Waals surface area (Å²) >= 11 is 0. The Balaban J connectivity index is 1.74. The summed E-state index contributed by atoms with van der Waals surface area (Å²) in [6.45, 7) is 0.519. The average molecular weight is 364 g/mol. The van der Waals surface area contributed by atoms with Crippen molar-refractivity contribution in [3.8, 4) is 28.5 Å². The van der Waals surface area contributed by atoms with Gasteiger partial charge in [0.1, 0.15) is 0 Å². The molecule has 0 aliphatic heterocycles. The molecule has 2 aromatic heterocycles. The molecule has 0 bridgehead atoms. The van der Waals surface area contributed by atoms with Crippen LogP contribution in [0.4, 0.5) is 0 Å². The van der Waals surface area contributed by atoms with Crippen LogP contribution in [0.15, 0.2) is 48.8 Å². The van der Waals surface area contributed by atoms with Gasteiger partial charge in [0.2, 0.25) is 5.75 Å². The zero-order chi connectivity index (χ0) is 18.8. The second-order valence-electron chi connectivity index (χ2n) is 6.06. The Morgan fingerprint density at radius 3 is 2.44 bits per heavy atom. The van der Waals surface area contributed by atoms with Gasteiger partial charge in [0.15, 0.2) is 11.5 Å². The van der Waals surface area contributed by atoms with Crippen molar-refractivity contribution in [2.24, 2.45) is 0 Å². The molecule has 7 heteroatoms. The lowest BCUT2D eigenvalue weighted by molar-refractivity contribution is 0.323. The van der Waals surface area contributed by atoms with E-state index in [1.807, 2.05) is 41.2 Å². The Morgan fingerprint density at radius 2 is 1.74 bits per heavy atom. The molecular formula is C20H20N4O3. The molecule has 27 heavy (non-hydrogen) atoms. The van der Waals surface area contributed by atoms with E-state index in [9.17, 15) is 0 Å². The number of nitrogens with zero attached hydrogens (tertiary/aromatic N) is 3. The number of para-hydroxylation sites is 1. The standard InChI is InChI=1S/C20H20N4O3/c1-25-18-8-13(9-19(26-2)20(18)27-3)12-24-17(11-22-23-24)15-10-21-16-7-5-4-6-14(15)16/h4-11,21H,12H2,1-3H3. The van der Waals surface area contributed by atoms with Crippen LogP contribution in [-0.4, -0.2) is 41.3 Å². The second-order valence-corrected chi connectivity index (χ2v) is 6.06. The number of H-pyrrole nitrogens is 1. The Labute approximate surface area is 156 Å². The highest BCUT2D eigenvalue weighted by molar-refractivity contribution is 5.94. The SMILES string of the molecule is COc1cc(Cn2nncc2-c2c[nH]c3ccccc23)cc(OC)c1OC. The van der Waals surface area contributed by atoms with E-state index in [0.717, 1.165) is 27.7 Å². The molecule has 0 fully saturated rings. The number of ether oxygens (including phenoxy) is 3. The molecule has 0 saturated carbocycles. The minimum atomic E-state index is 0.519. The van der Waals surface area contributed by atoms with Crippen molar-refractivity contribution in [3.05, 3.63) is 54.4 Å². The summed E-state index contributed by atoms with van der Waals surface area (Å²) in [5, 5.41) is 9.51. The van der Waals surface area contributed by atoms with Crippen molar-refractivity contribution >= 4 is 10.9 Å². The zero-order valence-corrected chi connectivity index (χ0v) is 15.4. The van der Waals surface area contributed by atoms with E-state index in [4.69, 9.17) is 14.2 Å². The van der Waals surface area contributed by atoms with Crippen LogP contribution in [-0.2, 0) is 6.54 Å². The van der Waals surface area contributed by atoms with Crippen LogP contribution in [0.1, 0.15) is 5.56 Å². The first-order valence-corrected chi connectivity index (χ1v) is 8.49. The molecule has 1 N–H and O–H groups in total. The minimum Gasteiger partial charge on any atom is -0.493 e. The quantitative estimate of drug-likeness (QED) is 0.567. The van der Waals surface area contributed by atoms with Gasteiger partial charge in [-0.3, -0.25) is 0 Å². The van der Waals surface area contributed by atoms with Crippen molar-refractivity contribution in [1.29, 1.82) is 0 Å². The van der Waals surface area contributed by atoms with E-state index in [-0.39, 0.29) is 0 Å². The first-order chi connectivity index (χ1) is 13.2. The summed E-state index contributed by atoms with van der Waals surface area (Å²) in [5.41, 5.74) is 4.04. The van der Waals surface area contributed by atoms with Crippen LogP contribution in [0.25, 0.3) is 22.2 Å². The van der Waals surface area contributed by atoms with Crippen molar-refractivity contribution in [3.63, 3.8) is 0 Å². The number of methoxy groups -OCH3 is 3. The van der Waals surface area contributed by atoms with Gasteiger partial charge in [-0.05, 0) is 23.8 Å². The van der Waals surface area contributed by atoms with Gasteiger partial charge in [0, 0.05) is 22.7 Å². The summed E-state index contributed by atoms with van der Waals surface area (Å²) in [6.07, 6.45) is 3.75. The summed E-state index contributed by atoms with van der Waals surface area (Å²) in [5.74, 6) is 1.79. The third-order valence-corrected chi connectivity index (χ3v) is 4.54. The lowest BCUT2D eigenvalue weighted by Crippen LogP contribution is -2.05. The second kappa shape index (κ2) is 7.03. The largest absolute Gasteiger partial charge is 0.493 e. The number of fused-ring (bicyclic) bond motifs is 1. The third kappa shape index (κ3) is 2.97. The van der Waals surface area contributed by atoms with Crippen LogP contribution < -0.4 is 14.2 Å². The number of aromatic amines is 1. The van der Waals surface area contributed by atoms with Crippen molar-refractivity contribution < 1.29 is 14.2 Å². The first-order valence-electron chi connectivity index (χ1n) is 8.49. The molecule has 0 aliphatic carbocycles. The van der Waals surface area contributed by atoms with E-state index in [2.05, 4.69) is 21.4 Å². The van der Waals surface area contributed by atoms with Gasteiger partial charge in [0.25, 0.3) is 0 Å². The van der Waals surface area contributed by atoms with Gasteiger partial charge in [-0.15, -0.1) is 5.10 Å². The predicted molar refractivity (Wildman–Crippen MR) is 103 cm³/mol. The average Bonchev–Trinajstić information content (AvgIpc) is 3.33. The molecule has 2 aromatic carbocycles. The van der Waals surface area contributed by atoms with Gasteiger partial charge in [-0.25, -0.2) is 4.68 Å². The highest BCUT2D eigenvalue weighted by atomic mass is 16.5. The van der Waals surface area contributed by atoms with Crippen LogP contribution in [0.2, 0.25) is 0 Å². The fraction of sp³-hybridized carbons (Fsp3) is 0.200. The molecule has 0 aliphatic rings. The smallest absolute Gasteiger partial charge is 0.203 e. The molecule has 0 spiro atoms. The van der Waals surface area contributed by atoms with Gasteiger partial charge in [-0.2, -0.15) is 0 Å². The van der Waals surface area contributed by atoms with Gasteiger partial charge < -0.3 is 19.2 Å². The normalized spacial score (nSPS) is 10.9. The van der Waals surface area contributed by atoms with Crippen LogP contribution in [0, 0.1) is 0 Å². The maximum Gasteiger partial charge on any atom is 0.203 e. The lowest BCUT2D eigenvalue weighted by atomic mass is 10.1. The van der Waals surface area contributed by atoms with E-state index in [1.54, 1.807) is 27.5 Å². The Morgan fingerprint density at radius 1 is 1.00 bits per heavy atom. The van der Waals surface area contributed by atoms with E-state index in [1.165, 1.54) is 0 Å². The van der Waals surface area contributed by atoms with Crippen molar-refractivity contribution in [2.45, 2.75) is 6.54 Å². The van der Waals surface area contributed by atoms with Gasteiger partial charge >= 0.3 is 0 Å². The number of benzene rings is 2. The number of rotatable bonds is 6. The summed E-state index contributed by atoms with van der Waals surface area (Å²) in [6, 6.07) is 12.0. The molecule has 138 valence electrons.